The number of nitrogens with zero attached hydrogens (tertiary/aromatic N) is 1. The fourth-order valence-electron chi connectivity index (χ4n) is 2.54. The molecule has 1 aromatic heterocycles. The summed E-state index contributed by atoms with van der Waals surface area (Å²) in [5.41, 5.74) is 1.01. The second-order valence-electron chi connectivity index (χ2n) is 5.67. The van der Waals surface area contributed by atoms with Crippen LogP contribution in [0.3, 0.4) is 0 Å². The summed E-state index contributed by atoms with van der Waals surface area (Å²) in [4.78, 5) is 4.52. The molecular formula is C19H27NO. The second-order valence-corrected chi connectivity index (χ2v) is 5.67. The van der Waals surface area contributed by atoms with E-state index in [-0.39, 0.29) is 0 Å². The maximum Gasteiger partial charge on any atom is 0.213 e. The molecule has 2 nitrogen and oxygen atoms in total. The van der Waals surface area contributed by atoms with E-state index < -0.39 is 0 Å². The molecule has 1 heterocycles. The highest BCUT2D eigenvalue weighted by Crippen LogP contribution is 2.16. The van der Waals surface area contributed by atoms with Gasteiger partial charge >= 0.3 is 0 Å². The summed E-state index contributed by atoms with van der Waals surface area (Å²) in [6.45, 7) is 3.04. The number of para-hydroxylation sites is 1. The molecule has 0 fully saturated rings. The summed E-state index contributed by atoms with van der Waals surface area (Å²) in [7, 11) is 0. The fraction of sp³-hybridized carbons (Fsp3) is 0.526. The third-order valence-corrected chi connectivity index (χ3v) is 3.82. The van der Waals surface area contributed by atoms with Gasteiger partial charge in [-0.3, -0.25) is 0 Å². The molecule has 0 atom stereocenters. The lowest BCUT2D eigenvalue weighted by atomic mass is 10.1. The average Bonchev–Trinajstić information content (AvgIpc) is 2.53. The summed E-state index contributed by atoms with van der Waals surface area (Å²) in [6, 6.07) is 12.2. The van der Waals surface area contributed by atoms with Gasteiger partial charge in [-0.05, 0) is 18.6 Å². The number of aromatic nitrogens is 1. The lowest BCUT2D eigenvalue weighted by Gasteiger charge is -2.06. The van der Waals surface area contributed by atoms with Crippen LogP contribution in [0.15, 0.2) is 36.4 Å². The molecule has 0 aliphatic rings. The van der Waals surface area contributed by atoms with E-state index in [9.17, 15) is 0 Å². The molecule has 2 heteroatoms. The molecule has 0 bridgehead atoms. The van der Waals surface area contributed by atoms with Gasteiger partial charge in [-0.2, -0.15) is 0 Å². The van der Waals surface area contributed by atoms with Gasteiger partial charge in [0.25, 0.3) is 0 Å². The third-order valence-electron chi connectivity index (χ3n) is 3.82. The van der Waals surface area contributed by atoms with Crippen LogP contribution in [0.1, 0.15) is 58.3 Å². The van der Waals surface area contributed by atoms with Crippen LogP contribution < -0.4 is 4.74 Å². The van der Waals surface area contributed by atoms with E-state index in [2.05, 4.69) is 24.0 Å². The Hall–Kier alpha value is -1.57. The average molecular weight is 285 g/mol. The fourth-order valence-corrected chi connectivity index (χ4v) is 2.54. The van der Waals surface area contributed by atoms with E-state index in [4.69, 9.17) is 4.74 Å². The molecule has 114 valence electrons. The van der Waals surface area contributed by atoms with E-state index in [0.29, 0.717) is 0 Å². The van der Waals surface area contributed by atoms with Crippen LogP contribution in [0.5, 0.6) is 5.88 Å². The van der Waals surface area contributed by atoms with Crippen LogP contribution in [-0.4, -0.2) is 11.6 Å². The zero-order chi connectivity index (χ0) is 14.8. The van der Waals surface area contributed by atoms with Gasteiger partial charge in [-0.25, -0.2) is 4.98 Å². The maximum absolute atomic E-state index is 5.75. The number of hydrogen-bond acceptors (Lipinski definition) is 2. The Morgan fingerprint density at radius 2 is 1.52 bits per heavy atom. The molecule has 0 unspecified atom stereocenters. The van der Waals surface area contributed by atoms with Crippen LogP contribution in [0.2, 0.25) is 0 Å². The van der Waals surface area contributed by atoms with Gasteiger partial charge in [-0.15, -0.1) is 0 Å². The highest BCUT2D eigenvalue weighted by molar-refractivity contribution is 5.78. The first kappa shape index (κ1) is 15.8. The van der Waals surface area contributed by atoms with Crippen molar-refractivity contribution in [2.24, 2.45) is 0 Å². The molecule has 0 saturated heterocycles. The van der Waals surface area contributed by atoms with Crippen LogP contribution in [0.25, 0.3) is 10.9 Å². The van der Waals surface area contributed by atoms with Gasteiger partial charge in [0.1, 0.15) is 0 Å². The number of benzene rings is 1. The molecule has 0 N–H and O–H groups in total. The first-order chi connectivity index (χ1) is 10.4. The molecule has 0 radical (unpaired) electrons. The van der Waals surface area contributed by atoms with E-state index in [1.165, 1.54) is 44.9 Å². The monoisotopic (exact) mass is 285 g/mol. The summed E-state index contributed by atoms with van der Waals surface area (Å²) in [6.07, 6.45) is 10.6. The first-order valence-electron chi connectivity index (χ1n) is 8.39. The minimum Gasteiger partial charge on any atom is -0.478 e. The van der Waals surface area contributed by atoms with Gasteiger partial charge in [0.2, 0.25) is 5.88 Å². The van der Waals surface area contributed by atoms with Crippen molar-refractivity contribution in [3.8, 4) is 5.88 Å². The Bertz CT molecular complexity index is 524. The topological polar surface area (TPSA) is 22.1 Å². The molecule has 0 saturated carbocycles. The Balaban J connectivity index is 1.59. The molecule has 2 aromatic rings. The summed E-state index contributed by atoms with van der Waals surface area (Å²) in [5, 5.41) is 1.16. The molecule has 21 heavy (non-hydrogen) atoms. The van der Waals surface area contributed by atoms with Crippen molar-refractivity contribution >= 4 is 10.9 Å². The predicted molar refractivity (Wildman–Crippen MR) is 89.8 cm³/mol. The molecule has 2 rings (SSSR count). The molecule has 0 aliphatic carbocycles. The summed E-state index contributed by atoms with van der Waals surface area (Å²) >= 11 is 0. The highest BCUT2D eigenvalue weighted by Gasteiger charge is 1.98. The number of rotatable bonds is 10. The Kier molecular flexibility index (Phi) is 7.06. The number of hydrogen-bond donors (Lipinski definition) is 0. The molecule has 1 aromatic carbocycles. The number of ether oxygens (including phenoxy) is 1. The van der Waals surface area contributed by atoms with Crippen LogP contribution in [0.4, 0.5) is 0 Å². The molecule has 0 amide bonds. The Morgan fingerprint density at radius 1 is 0.810 bits per heavy atom. The van der Waals surface area contributed by atoms with Crippen molar-refractivity contribution in [3.05, 3.63) is 36.4 Å². The van der Waals surface area contributed by atoms with Crippen molar-refractivity contribution in [1.29, 1.82) is 0 Å². The van der Waals surface area contributed by atoms with Crippen molar-refractivity contribution in [2.45, 2.75) is 58.3 Å². The van der Waals surface area contributed by atoms with Crippen molar-refractivity contribution in [3.63, 3.8) is 0 Å². The lowest BCUT2D eigenvalue weighted by molar-refractivity contribution is 0.294. The van der Waals surface area contributed by atoms with E-state index >= 15 is 0 Å². The first-order valence-corrected chi connectivity index (χ1v) is 8.39. The van der Waals surface area contributed by atoms with E-state index in [0.717, 1.165) is 29.8 Å². The minimum absolute atomic E-state index is 0.747. The standard InChI is InChI=1S/C19H27NO/c1-2-3-4-5-6-7-8-11-16-21-19-15-14-17-12-9-10-13-18(17)20-19/h9-10,12-15H,2-8,11,16H2,1H3. The number of pyridine rings is 1. The largest absolute Gasteiger partial charge is 0.478 e. The van der Waals surface area contributed by atoms with Gasteiger partial charge in [0.05, 0.1) is 12.1 Å². The van der Waals surface area contributed by atoms with Gasteiger partial charge in [0.15, 0.2) is 0 Å². The predicted octanol–water partition coefficient (Wildman–Crippen LogP) is 5.75. The van der Waals surface area contributed by atoms with Crippen molar-refractivity contribution in [2.75, 3.05) is 6.61 Å². The Labute approximate surface area is 128 Å². The Morgan fingerprint density at radius 3 is 2.33 bits per heavy atom. The third kappa shape index (κ3) is 5.74. The van der Waals surface area contributed by atoms with Crippen LogP contribution in [-0.2, 0) is 0 Å². The van der Waals surface area contributed by atoms with Gasteiger partial charge in [0, 0.05) is 11.5 Å². The SMILES string of the molecule is CCCCCCCCCCOc1ccc2ccccc2n1. The van der Waals surface area contributed by atoms with E-state index in [1.54, 1.807) is 0 Å². The van der Waals surface area contributed by atoms with Gasteiger partial charge in [-0.1, -0.05) is 70.1 Å². The normalized spacial score (nSPS) is 10.9. The van der Waals surface area contributed by atoms with Crippen LogP contribution in [0, 0.1) is 0 Å². The molecule has 0 spiro atoms. The van der Waals surface area contributed by atoms with Crippen LogP contribution >= 0.6 is 0 Å². The summed E-state index contributed by atoms with van der Waals surface area (Å²) < 4.78 is 5.75. The van der Waals surface area contributed by atoms with Crippen molar-refractivity contribution in [1.82, 2.24) is 4.98 Å². The van der Waals surface area contributed by atoms with Gasteiger partial charge < -0.3 is 4.74 Å². The second kappa shape index (κ2) is 9.38. The zero-order valence-electron chi connectivity index (χ0n) is 13.2. The minimum atomic E-state index is 0.747. The van der Waals surface area contributed by atoms with Crippen molar-refractivity contribution < 1.29 is 4.74 Å². The maximum atomic E-state index is 5.75. The van der Waals surface area contributed by atoms with E-state index in [1.807, 2.05) is 24.3 Å². The number of fused-ring (bicyclic) bond motifs is 1. The molecule has 0 aliphatic heterocycles. The smallest absolute Gasteiger partial charge is 0.213 e. The molecular weight excluding hydrogens is 258 g/mol. The quantitative estimate of drug-likeness (QED) is 0.518. The zero-order valence-corrected chi connectivity index (χ0v) is 13.2. The number of unbranched alkanes of at least 4 members (excludes halogenated alkanes) is 7. The summed E-state index contributed by atoms with van der Waals surface area (Å²) in [5.74, 6) is 0.747. The lowest BCUT2D eigenvalue weighted by Crippen LogP contribution is -1.99. The highest BCUT2D eigenvalue weighted by atomic mass is 16.5.